The lowest BCUT2D eigenvalue weighted by molar-refractivity contribution is 0.0392. The molecule has 1 fully saturated rings. The molecule has 2 aliphatic rings. The number of hydrogen-bond acceptors (Lipinski definition) is 3. The van der Waals surface area contributed by atoms with Gasteiger partial charge in [0, 0.05) is 0 Å². The van der Waals surface area contributed by atoms with Crippen LogP contribution in [-0.4, -0.2) is 20.1 Å². The van der Waals surface area contributed by atoms with E-state index in [1.165, 1.54) is 11.6 Å². The SMILES string of the molecule is C#C[C@@](C)(O)[C@@H]1C=C2C(C)(C)CCC[C@@]2(C)n2c(=O)c3ccccc3c(=O)n21. The van der Waals surface area contributed by atoms with E-state index in [0.717, 1.165) is 24.8 Å². The van der Waals surface area contributed by atoms with Gasteiger partial charge in [0.2, 0.25) is 0 Å². The molecule has 5 nitrogen and oxygen atoms in total. The van der Waals surface area contributed by atoms with Crippen molar-refractivity contribution >= 4 is 10.8 Å². The van der Waals surface area contributed by atoms with Crippen LogP contribution in [0.2, 0.25) is 0 Å². The molecule has 28 heavy (non-hydrogen) atoms. The largest absolute Gasteiger partial charge is 0.375 e. The maximum absolute atomic E-state index is 13.6. The van der Waals surface area contributed by atoms with Gasteiger partial charge in [-0.2, -0.15) is 0 Å². The lowest BCUT2D eigenvalue weighted by Crippen LogP contribution is -2.59. The zero-order valence-electron chi connectivity index (χ0n) is 16.8. The third kappa shape index (κ3) is 2.31. The normalized spacial score (nSPS) is 27.9. The number of allylic oxidation sites excluding steroid dienone is 1. The van der Waals surface area contributed by atoms with Gasteiger partial charge < -0.3 is 5.11 Å². The molecule has 4 rings (SSSR count). The first-order valence-corrected chi connectivity index (χ1v) is 9.74. The molecule has 2 aromatic rings. The van der Waals surface area contributed by atoms with Crippen molar-refractivity contribution in [2.45, 2.75) is 64.1 Å². The van der Waals surface area contributed by atoms with E-state index in [0.29, 0.717) is 10.8 Å². The van der Waals surface area contributed by atoms with Gasteiger partial charge in [-0.05, 0) is 56.2 Å². The molecule has 0 saturated heterocycles. The molecule has 1 aromatic heterocycles. The highest BCUT2D eigenvalue weighted by Crippen LogP contribution is 2.52. The Kier molecular flexibility index (Phi) is 3.83. The molecular formula is C23H26N2O3. The number of fused-ring (bicyclic) bond motifs is 4. The molecular weight excluding hydrogens is 352 g/mol. The molecule has 3 atom stereocenters. The Bertz CT molecular complexity index is 1170. The van der Waals surface area contributed by atoms with Gasteiger partial charge in [0.1, 0.15) is 11.6 Å². The van der Waals surface area contributed by atoms with Crippen molar-refractivity contribution in [1.29, 1.82) is 0 Å². The van der Waals surface area contributed by atoms with Crippen LogP contribution >= 0.6 is 0 Å². The number of rotatable bonds is 1. The molecule has 1 saturated carbocycles. The Hall–Kier alpha value is -2.58. The highest BCUT2D eigenvalue weighted by atomic mass is 16.3. The topological polar surface area (TPSA) is 64.2 Å². The molecule has 0 unspecified atom stereocenters. The molecule has 5 heteroatoms. The third-order valence-electron chi connectivity index (χ3n) is 6.70. The smallest absolute Gasteiger partial charge is 0.274 e. The fourth-order valence-electron chi connectivity index (χ4n) is 5.21. The van der Waals surface area contributed by atoms with Gasteiger partial charge in [-0.15, -0.1) is 6.42 Å². The number of aromatic nitrogens is 2. The number of benzene rings is 1. The first kappa shape index (κ1) is 18.8. The summed E-state index contributed by atoms with van der Waals surface area (Å²) < 4.78 is 2.97. The Balaban J connectivity index is 2.22. The van der Waals surface area contributed by atoms with Gasteiger partial charge >= 0.3 is 0 Å². The summed E-state index contributed by atoms with van der Waals surface area (Å²) in [7, 11) is 0. The van der Waals surface area contributed by atoms with Crippen LogP contribution in [0, 0.1) is 17.8 Å². The predicted molar refractivity (Wildman–Crippen MR) is 110 cm³/mol. The summed E-state index contributed by atoms with van der Waals surface area (Å²) in [5, 5.41) is 11.7. The Morgan fingerprint density at radius 1 is 1.14 bits per heavy atom. The van der Waals surface area contributed by atoms with Gasteiger partial charge in [-0.3, -0.25) is 9.59 Å². The van der Waals surface area contributed by atoms with Crippen molar-refractivity contribution in [3.63, 3.8) is 0 Å². The quantitative estimate of drug-likeness (QED) is 0.613. The molecule has 0 radical (unpaired) electrons. The van der Waals surface area contributed by atoms with Gasteiger partial charge in [0.15, 0.2) is 0 Å². The molecule has 1 N–H and O–H groups in total. The second-order valence-corrected chi connectivity index (χ2v) is 9.14. The molecule has 1 aromatic carbocycles. The summed E-state index contributed by atoms with van der Waals surface area (Å²) in [6, 6.07) is 6.04. The minimum atomic E-state index is -1.61. The molecule has 0 bridgehead atoms. The minimum absolute atomic E-state index is 0.164. The van der Waals surface area contributed by atoms with Crippen LogP contribution in [0.25, 0.3) is 10.8 Å². The van der Waals surface area contributed by atoms with Crippen LogP contribution < -0.4 is 11.1 Å². The minimum Gasteiger partial charge on any atom is -0.375 e. The van der Waals surface area contributed by atoms with E-state index in [9.17, 15) is 14.7 Å². The maximum Gasteiger partial charge on any atom is 0.274 e. The van der Waals surface area contributed by atoms with Crippen LogP contribution in [0.15, 0.2) is 45.5 Å². The van der Waals surface area contributed by atoms with Crippen LogP contribution in [-0.2, 0) is 5.54 Å². The van der Waals surface area contributed by atoms with E-state index >= 15 is 0 Å². The van der Waals surface area contributed by atoms with Gasteiger partial charge in [0.05, 0.1) is 16.3 Å². The molecule has 1 aliphatic carbocycles. The highest BCUT2D eigenvalue weighted by Gasteiger charge is 2.50. The Labute approximate surface area is 164 Å². The predicted octanol–water partition coefficient (Wildman–Crippen LogP) is 2.95. The monoisotopic (exact) mass is 378 g/mol. The fourth-order valence-corrected chi connectivity index (χ4v) is 5.21. The van der Waals surface area contributed by atoms with Crippen molar-refractivity contribution < 1.29 is 5.11 Å². The summed E-state index contributed by atoms with van der Waals surface area (Å²) in [5.41, 5.74) is -1.88. The van der Waals surface area contributed by atoms with E-state index in [4.69, 9.17) is 6.42 Å². The summed E-state index contributed by atoms with van der Waals surface area (Å²) in [5.74, 6) is 2.42. The first-order valence-electron chi connectivity index (χ1n) is 9.74. The van der Waals surface area contributed by atoms with E-state index in [1.54, 1.807) is 28.9 Å². The average Bonchev–Trinajstić information content (AvgIpc) is 2.64. The standard InChI is InChI=1S/C23H26N2O3/c1-6-23(5,28)18-14-17-21(2,3)12-9-13-22(17,4)25-20(27)16-11-8-7-10-15(16)19(26)24(18)25/h1,7-8,10-11,14,18,28H,9,12-13H2,2-5H3/t18-,22+,23+/m0/s1. The Morgan fingerprint density at radius 3 is 2.36 bits per heavy atom. The van der Waals surface area contributed by atoms with E-state index < -0.39 is 17.2 Å². The van der Waals surface area contributed by atoms with Crippen molar-refractivity contribution in [3.8, 4) is 12.3 Å². The van der Waals surface area contributed by atoms with E-state index in [2.05, 4.69) is 19.8 Å². The molecule has 0 amide bonds. The van der Waals surface area contributed by atoms with E-state index in [1.807, 2.05) is 13.0 Å². The second-order valence-electron chi connectivity index (χ2n) is 9.14. The van der Waals surface area contributed by atoms with Crippen molar-refractivity contribution in [3.05, 3.63) is 56.6 Å². The van der Waals surface area contributed by atoms with Gasteiger partial charge in [0.25, 0.3) is 11.1 Å². The van der Waals surface area contributed by atoms with Crippen LogP contribution in [0.5, 0.6) is 0 Å². The summed E-state index contributed by atoms with van der Waals surface area (Å²) in [6.45, 7) is 7.84. The second kappa shape index (κ2) is 5.71. The molecule has 1 aliphatic heterocycles. The first-order chi connectivity index (χ1) is 13.0. The summed E-state index contributed by atoms with van der Waals surface area (Å²) in [4.78, 5) is 27.1. The lowest BCUT2D eigenvalue weighted by atomic mass is 9.63. The molecule has 0 spiro atoms. The molecule has 2 heterocycles. The summed E-state index contributed by atoms with van der Waals surface area (Å²) >= 11 is 0. The van der Waals surface area contributed by atoms with Crippen LogP contribution in [0.4, 0.5) is 0 Å². The number of aliphatic hydroxyl groups is 1. The Morgan fingerprint density at radius 2 is 1.75 bits per heavy atom. The van der Waals surface area contributed by atoms with Crippen molar-refractivity contribution in [2.24, 2.45) is 5.41 Å². The van der Waals surface area contributed by atoms with Crippen molar-refractivity contribution in [2.75, 3.05) is 0 Å². The number of hydrogen-bond donors (Lipinski definition) is 1. The summed E-state index contributed by atoms with van der Waals surface area (Å²) in [6.07, 6.45) is 10.3. The fraction of sp³-hybridized carbons (Fsp3) is 0.478. The van der Waals surface area contributed by atoms with Gasteiger partial charge in [-0.25, -0.2) is 9.36 Å². The van der Waals surface area contributed by atoms with Crippen molar-refractivity contribution in [1.82, 2.24) is 9.36 Å². The number of nitrogens with zero attached hydrogens (tertiary/aromatic N) is 2. The highest BCUT2D eigenvalue weighted by molar-refractivity contribution is 5.80. The number of terminal acetylenes is 1. The third-order valence-corrected chi connectivity index (χ3v) is 6.70. The van der Waals surface area contributed by atoms with Gasteiger partial charge in [-0.1, -0.05) is 38.0 Å². The van der Waals surface area contributed by atoms with Crippen LogP contribution in [0.3, 0.4) is 0 Å². The zero-order chi connectivity index (χ0) is 20.5. The molecule has 146 valence electrons. The average molecular weight is 378 g/mol. The zero-order valence-corrected chi connectivity index (χ0v) is 16.8. The lowest BCUT2D eigenvalue weighted by Gasteiger charge is -2.52. The maximum atomic E-state index is 13.6. The van der Waals surface area contributed by atoms with E-state index in [-0.39, 0.29) is 16.5 Å². The van der Waals surface area contributed by atoms with Crippen LogP contribution in [0.1, 0.15) is 53.0 Å².